The Hall–Kier alpha value is -1.02. The third-order valence-corrected chi connectivity index (χ3v) is 4.73. The second kappa shape index (κ2) is 5.54. The molecule has 0 spiro atoms. The maximum absolute atomic E-state index is 5.70. The van der Waals surface area contributed by atoms with Gasteiger partial charge in [0.25, 0.3) is 0 Å². The third kappa shape index (κ3) is 3.30. The first-order valence-corrected chi connectivity index (χ1v) is 7.45. The second-order valence-corrected chi connectivity index (χ2v) is 6.83. The number of rotatable bonds is 3. The van der Waals surface area contributed by atoms with Crippen molar-refractivity contribution < 1.29 is 0 Å². The molecule has 1 aromatic carbocycles. The lowest BCUT2D eigenvalue weighted by molar-refractivity contribution is 0.222. The van der Waals surface area contributed by atoms with Gasteiger partial charge in [0.05, 0.1) is 0 Å². The first-order chi connectivity index (χ1) is 8.93. The minimum atomic E-state index is 0.537. The zero-order chi connectivity index (χ0) is 14.0. The molecular weight excluding hydrogens is 232 g/mol. The number of nitrogens with zero attached hydrogens (tertiary/aromatic N) is 1. The van der Waals surface area contributed by atoms with E-state index < -0.39 is 0 Å². The molecule has 1 aliphatic rings. The van der Waals surface area contributed by atoms with Gasteiger partial charge in [-0.15, -0.1) is 0 Å². The predicted molar refractivity (Wildman–Crippen MR) is 83.5 cm³/mol. The Bertz CT molecular complexity index is 427. The summed E-state index contributed by atoms with van der Waals surface area (Å²) in [4.78, 5) is 2.48. The minimum absolute atomic E-state index is 0.537. The first-order valence-electron chi connectivity index (χ1n) is 7.45. The molecule has 0 heterocycles. The van der Waals surface area contributed by atoms with Gasteiger partial charge in [-0.25, -0.2) is 0 Å². The fraction of sp³-hybridized carbons (Fsp3) is 0.647. The molecule has 106 valence electrons. The monoisotopic (exact) mass is 260 g/mol. The van der Waals surface area contributed by atoms with Crippen molar-refractivity contribution in [1.82, 2.24) is 0 Å². The normalized spacial score (nSPS) is 19.4. The van der Waals surface area contributed by atoms with Crippen molar-refractivity contribution in [2.75, 3.05) is 11.9 Å². The molecule has 2 nitrogen and oxygen atoms in total. The lowest BCUT2D eigenvalue weighted by Crippen LogP contribution is -2.37. The van der Waals surface area contributed by atoms with E-state index >= 15 is 0 Å². The van der Waals surface area contributed by atoms with Crippen LogP contribution in [0.5, 0.6) is 0 Å². The molecule has 0 atom stereocenters. The molecule has 2 N–H and O–H groups in total. The van der Waals surface area contributed by atoms with Crippen molar-refractivity contribution >= 4 is 5.69 Å². The van der Waals surface area contributed by atoms with E-state index in [0.29, 0.717) is 18.0 Å². The summed E-state index contributed by atoms with van der Waals surface area (Å²) in [5, 5.41) is 0. The maximum atomic E-state index is 5.70. The molecule has 0 saturated heterocycles. The maximum Gasteiger partial charge on any atom is 0.0396 e. The van der Waals surface area contributed by atoms with E-state index in [1.807, 2.05) is 0 Å². The summed E-state index contributed by atoms with van der Waals surface area (Å²) in [6.45, 7) is 7.61. The van der Waals surface area contributed by atoms with Gasteiger partial charge in [-0.1, -0.05) is 26.0 Å². The van der Waals surface area contributed by atoms with Gasteiger partial charge in [-0.2, -0.15) is 0 Å². The Labute approximate surface area is 118 Å². The quantitative estimate of drug-likeness (QED) is 0.894. The fourth-order valence-corrected chi connectivity index (χ4v) is 3.21. The van der Waals surface area contributed by atoms with Crippen LogP contribution in [0.1, 0.15) is 50.7 Å². The van der Waals surface area contributed by atoms with Crippen molar-refractivity contribution in [2.45, 2.75) is 59.0 Å². The van der Waals surface area contributed by atoms with Crippen LogP contribution in [-0.2, 0) is 6.54 Å². The highest BCUT2D eigenvalue weighted by atomic mass is 15.1. The van der Waals surface area contributed by atoms with E-state index in [9.17, 15) is 0 Å². The molecule has 0 unspecified atom stereocenters. The van der Waals surface area contributed by atoms with Crippen molar-refractivity contribution in [1.29, 1.82) is 0 Å². The Morgan fingerprint density at radius 3 is 2.42 bits per heavy atom. The molecule has 0 radical (unpaired) electrons. The molecule has 0 aliphatic heterocycles. The van der Waals surface area contributed by atoms with E-state index in [1.54, 1.807) is 0 Å². The summed E-state index contributed by atoms with van der Waals surface area (Å²) in [5.74, 6) is 0. The summed E-state index contributed by atoms with van der Waals surface area (Å²) < 4.78 is 0. The Morgan fingerprint density at radius 1 is 1.26 bits per heavy atom. The van der Waals surface area contributed by atoms with Crippen LogP contribution in [0.25, 0.3) is 0 Å². The van der Waals surface area contributed by atoms with Crippen LogP contribution in [0.4, 0.5) is 5.69 Å². The molecule has 1 saturated carbocycles. The van der Waals surface area contributed by atoms with Gasteiger partial charge in [0.15, 0.2) is 0 Å². The van der Waals surface area contributed by atoms with E-state index in [-0.39, 0.29) is 0 Å². The average Bonchev–Trinajstić information content (AvgIpc) is 2.37. The highest BCUT2D eigenvalue weighted by Crippen LogP contribution is 2.38. The van der Waals surface area contributed by atoms with Crippen molar-refractivity contribution in [3.8, 4) is 0 Å². The summed E-state index contributed by atoms with van der Waals surface area (Å²) in [7, 11) is 2.24. The van der Waals surface area contributed by atoms with E-state index in [2.05, 4.69) is 50.9 Å². The Kier molecular flexibility index (Phi) is 4.19. The first kappa shape index (κ1) is 14.4. The molecule has 2 rings (SSSR count). The number of hydrogen-bond donors (Lipinski definition) is 1. The van der Waals surface area contributed by atoms with Gasteiger partial charge in [0.2, 0.25) is 0 Å². The molecule has 0 bridgehead atoms. The number of nitrogens with two attached hydrogens (primary N) is 1. The van der Waals surface area contributed by atoms with Gasteiger partial charge in [-0.05, 0) is 55.2 Å². The fourth-order valence-electron chi connectivity index (χ4n) is 3.21. The van der Waals surface area contributed by atoms with Crippen LogP contribution < -0.4 is 10.6 Å². The van der Waals surface area contributed by atoms with E-state index in [0.717, 1.165) is 0 Å². The van der Waals surface area contributed by atoms with Crippen LogP contribution in [0.15, 0.2) is 18.2 Å². The highest BCUT2D eigenvalue weighted by Gasteiger charge is 2.29. The van der Waals surface area contributed by atoms with Crippen molar-refractivity contribution in [3.05, 3.63) is 29.3 Å². The predicted octanol–water partition coefficient (Wildman–Crippen LogP) is 3.86. The number of benzene rings is 1. The molecule has 2 heteroatoms. The minimum Gasteiger partial charge on any atom is -0.371 e. The molecule has 0 amide bonds. The Morgan fingerprint density at radius 2 is 1.89 bits per heavy atom. The molecule has 1 aliphatic carbocycles. The summed E-state index contributed by atoms with van der Waals surface area (Å²) >= 11 is 0. The SMILES string of the molecule is Cc1cc(CN)ccc1N(C)C1CCC(C)(C)CC1. The van der Waals surface area contributed by atoms with Gasteiger partial charge in [0.1, 0.15) is 0 Å². The van der Waals surface area contributed by atoms with Gasteiger partial charge < -0.3 is 10.6 Å². The smallest absolute Gasteiger partial charge is 0.0396 e. The zero-order valence-electron chi connectivity index (χ0n) is 12.9. The van der Waals surface area contributed by atoms with E-state index in [1.165, 1.54) is 42.5 Å². The lowest BCUT2D eigenvalue weighted by Gasteiger charge is -2.40. The molecule has 1 fully saturated rings. The number of aryl methyl sites for hydroxylation is 1. The topological polar surface area (TPSA) is 29.3 Å². The van der Waals surface area contributed by atoms with Gasteiger partial charge in [-0.3, -0.25) is 0 Å². The highest BCUT2D eigenvalue weighted by molar-refractivity contribution is 5.54. The average molecular weight is 260 g/mol. The van der Waals surface area contributed by atoms with Crippen LogP contribution in [0.3, 0.4) is 0 Å². The molecule has 19 heavy (non-hydrogen) atoms. The standard InChI is InChI=1S/C17H28N2/c1-13-11-14(12-18)5-6-16(13)19(4)15-7-9-17(2,3)10-8-15/h5-6,11,15H,7-10,12,18H2,1-4H3. The zero-order valence-corrected chi connectivity index (χ0v) is 12.9. The van der Waals surface area contributed by atoms with Crippen LogP contribution in [0, 0.1) is 12.3 Å². The largest absolute Gasteiger partial charge is 0.371 e. The van der Waals surface area contributed by atoms with Gasteiger partial charge in [0, 0.05) is 25.3 Å². The molecule has 1 aromatic rings. The van der Waals surface area contributed by atoms with Crippen LogP contribution in [-0.4, -0.2) is 13.1 Å². The number of hydrogen-bond acceptors (Lipinski definition) is 2. The van der Waals surface area contributed by atoms with Gasteiger partial charge >= 0.3 is 0 Å². The van der Waals surface area contributed by atoms with Crippen molar-refractivity contribution in [2.24, 2.45) is 11.1 Å². The lowest BCUT2D eigenvalue weighted by atomic mass is 9.75. The number of anilines is 1. The summed E-state index contributed by atoms with van der Waals surface area (Å²) in [6.07, 6.45) is 5.28. The van der Waals surface area contributed by atoms with Crippen LogP contribution >= 0.6 is 0 Å². The van der Waals surface area contributed by atoms with Crippen molar-refractivity contribution in [3.63, 3.8) is 0 Å². The second-order valence-electron chi connectivity index (χ2n) is 6.83. The molecule has 0 aromatic heterocycles. The summed E-state index contributed by atoms with van der Waals surface area (Å²) in [5.41, 5.74) is 10.2. The summed E-state index contributed by atoms with van der Waals surface area (Å²) in [6, 6.07) is 7.30. The van der Waals surface area contributed by atoms with E-state index in [4.69, 9.17) is 5.73 Å². The third-order valence-electron chi connectivity index (χ3n) is 4.73. The molecular formula is C17H28N2. The van der Waals surface area contributed by atoms with Crippen LogP contribution in [0.2, 0.25) is 0 Å². The Balaban J connectivity index is 2.10.